The van der Waals surface area contributed by atoms with E-state index in [1.165, 1.54) is 7.11 Å². The molecular weight excluding hydrogens is 287 g/mol. The Bertz CT molecular complexity index is 512. The van der Waals surface area contributed by atoms with E-state index in [2.05, 4.69) is 10.1 Å². The third-order valence-electron chi connectivity index (χ3n) is 2.58. The van der Waals surface area contributed by atoms with Crippen LogP contribution in [0.4, 0.5) is 13.2 Å². The molecule has 0 unspecified atom stereocenters. The fourth-order valence-corrected chi connectivity index (χ4v) is 1.54. The number of hydrogen-bond acceptors (Lipinski definition) is 4. The van der Waals surface area contributed by atoms with Gasteiger partial charge in [-0.2, -0.15) is 13.2 Å². The Morgan fingerprint density at radius 1 is 1.29 bits per heavy atom. The quantitative estimate of drug-likeness (QED) is 0.645. The van der Waals surface area contributed by atoms with Crippen molar-refractivity contribution in [1.82, 2.24) is 5.32 Å². The van der Waals surface area contributed by atoms with Gasteiger partial charge in [0.2, 0.25) is 0 Å². The van der Waals surface area contributed by atoms with Crippen LogP contribution in [0.15, 0.2) is 42.6 Å². The van der Waals surface area contributed by atoms with Crippen molar-refractivity contribution in [3.8, 4) is 0 Å². The van der Waals surface area contributed by atoms with Crippen LogP contribution in [-0.2, 0) is 20.7 Å². The highest BCUT2D eigenvalue weighted by atomic mass is 19.4. The van der Waals surface area contributed by atoms with Crippen LogP contribution in [0.1, 0.15) is 5.56 Å². The van der Waals surface area contributed by atoms with Crippen molar-refractivity contribution in [3.05, 3.63) is 48.2 Å². The zero-order valence-electron chi connectivity index (χ0n) is 11.2. The fourth-order valence-electron chi connectivity index (χ4n) is 1.54. The first-order chi connectivity index (χ1) is 9.84. The van der Waals surface area contributed by atoms with E-state index in [1.54, 1.807) is 30.3 Å². The normalized spacial score (nSPS) is 13.0. The summed E-state index contributed by atoms with van der Waals surface area (Å²) in [5.74, 6) is -2.64. The van der Waals surface area contributed by atoms with Gasteiger partial charge in [0.1, 0.15) is 6.04 Å². The molecule has 21 heavy (non-hydrogen) atoms. The number of ether oxygens (including phenoxy) is 1. The van der Waals surface area contributed by atoms with E-state index in [9.17, 15) is 22.8 Å². The molecule has 0 heterocycles. The van der Waals surface area contributed by atoms with Crippen molar-refractivity contribution in [3.63, 3.8) is 0 Å². The SMILES string of the molecule is COC(=O)[C@H](Cc1ccccc1)N/C=C/C(=O)C(F)(F)F. The predicted molar refractivity (Wildman–Crippen MR) is 69.3 cm³/mol. The molecule has 1 aromatic rings. The molecule has 0 aliphatic heterocycles. The molecule has 0 aliphatic rings. The van der Waals surface area contributed by atoms with Gasteiger partial charge in [0.15, 0.2) is 0 Å². The lowest BCUT2D eigenvalue weighted by atomic mass is 10.1. The van der Waals surface area contributed by atoms with Crippen LogP contribution >= 0.6 is 0 Å². The second-order valence-electron chi connectivity index (χ2n) is 4.13. The highest BCUT2D eigenvalue weighted by Gasteiger charge is 2.36. The van der Waals surface area contributed by atoms with Crippen molar-refractivity contribution in [1.29, 1.82) is 0 Å². The number of rotatable bonds is 6. The van der Waals surface area contributed by atoms with Crippen molar-refractivity contribution in [2.24, 2.45) is 0 Å². The van der Waals surface area contributed by atoms with Gasteiger partial charge >= 0.3 is 12.1 Å². The summed E-state index contributed by atoms with van der Waals surface area (Å²) in [5, 5.41) is 2.45. The summed E-state index contributed by atoms with van der Waals surface area (Å²) in [4.78, 5) is 22.2. The summed E-state index contributed by atoms with van der Waals surface area (Å²) < 4.78 is 40.6. The molecule has 0 bridgehead atoms. The third kappa shape index (κ3) is 5.68. The van der Waals surface area contributed by atoms with Gasteiger partial charge < -0.3 is 10.1 Å². The minimum absolute atomic E-state index is 0.220. The number of halogens is 3. The van der Waals surface area contributed by atoms with Crippen LogP contribution in [0.5, 0.6) is 0 Å². The summed E-state index contributed by atoms with van der Waals surface area (Å²) in [7, 11) is 1.17. The van der Waals surface area contributed by atoms with E-state index in [4.69, 9.17) is 0 Å². The molecular formula is C14H14F3NO3. The van der Waals surface area contributed by atoms with Gasteiger partial charge in [0.25, 0.3) is 5.78 Å². The molecule has 114 valence electrons. The van der Waals surface area contributed by atoms with E-state index in [1.807, 2.05) is 0 Å². The molecule has 0 saturated carbocycles. The predicted octanol–water partition coefficient (Wildman–Crippen LogP) is 2.01. The number of nitrogens with one attached hydrogen (secondary N) is 1. The van der Waals surface area contributed by atoms with E-state index >= 15 is 0 Å². The first-order valence-corrected chi connectivity index (χ1v) is 6.00. The number of allylic oxidation sites excluding steroid dienone is 1. The Hall–Kier alpha value is -2.31. The summed E-state index contributed by atoms with van der Waals surface area (Å²) >= 11 is 0. The molecule has 0 amide bonds. The number of alkyl halides is 3. The second-order valence-corrected chi connectivity index (χ2v) is 4.13. The minimum Gasteiger partial charge on any atom is -0.467 e. The molecule has 1 aromatic carbocycles. The first-order valence-electron chi connectivity index (χ1n) is 6.00. The van der Waals surface area contributed by atoms with Crippen LogP contribution in [0.2, 0.25) is 0 Å². The number of methoxy groups -OCH3 is 1. The average molecular weight is 301 g/mol. The molecule has 0 radical (unpaired) electrons. The van der Waals surface area contributed by atoms with E-state index in [0.29, 0.717) is 6.08 Å². The van der Waals surface area contributed by atoms with Crippen LogP contribution in [0.3, 0.4) is 0 Å². The summed E-state index contributed by atoms with van der Waals surface area (Å²) in [6.45, 7) is 0. The lowest BCUT2D eigenvalue weighted by molar-refractivity contribution is -0.165. The highest BCUT2D eigenvalue weighted by molar-refractivity contribution is 5.94. The molecule has 0 fully saturated rings. The number of carbonyl (C=O) groups excluding carboxylic acids is 2. The Labute approximate surface area is 119 Å². The number of carbonyl (C=O) groups is 2. The van der Waals surface area contributed by atoms with Crippen molar-refractivity contribution in [2.45, 2.75) is 18.6 Å². The zero-order chi connectivity index (χ0) is 15.9. The van der Waals surface area contributed by atoms with Crippen LogP contribution in [0, 0.1) is 0 Å². The Balaban J connectivity index is 2.70. The van der Waals surface area contributed by atoms with E-state index < -0.39 is 24.0 Å². The fraction of sp³-hybridized carbons (Fsp3) is 0.286. The van der Waals surface area contributed by atoms with Gasteiger partial charge in [-0.15, -0.1) is 0 Å². The Morgan fingerprint density at radius 3 is 2.43 bits per heavy atom. The third-order valence-corrected chi connectivity index (χ3v) is 2.58. The lowest BCUT2D eigenvalue weighted by Crippen LogP contribution is -2.36. The lowest BCUT2D eigenvalue weighted by Gasteiger charge is -2.15. The summed E-state index contributed by atoms with van der Waals surface area (Å²) in [6, 6.07) is 7.99. The Morgan fingerprint density at radius 2 is 1.90 bits per heavy atom. The smallest absolute Gasteiger partial charge is 0.454 e. The molecule has 7 heteroatoms. The summed E-state index contributed by atoms with van der Waals surface area (Å²) in [5.41, 5.74) is 0.802. The van der Waals surface area contributed by atoms with Crippen LogP contribution in [-0.4, -0.2) is 31.1 Å². The second kappa shape index (κ2) is 7.47. The number of benzene rings is 1. The maximum atomic E-state index is 12.0. The average Bonchev–Trinajstić information content (AvgIpc) is 2.45. The molecule has 1 rings (SSSR count). The number of ketones is 1. The topological polar surface area (TPSA) is 55.4 Å². The number of hydrogen-bond donors (Lipinski definition) is 1. The summed E-state index contributed by atoms with van der Waals surface area (Å²) in [6.07, 6.45) is -3.57. The molecule has 0 aliphatic carbocycles. The van der Waals surface area contributed by atoms with E-state index in [-0.39, 0.29) is 6.42 Å². The largest absolute Gasteiger partial charge is 0.467 e. The van der Waals surface area contributed by atoms with Crippen LogP contribution in [0.25, 0.3) is 0 Å². The van der Waals surface area contributed by atoms with Gasteiger partial charge in [-0.25, -0.2) is 4.79 Å². The van der Waals surface area contributed by atoms with Gasteiger partial charge in [-0.05, 0) is 5.56 Å². The van der Waals surface area contributed by atoms with E-state index in [0.717, 1.165) is 11.8 Å². The van der Waals surface area contributed by atoms with Gasteiger partial charge in [-0.3, -0.25) is 4.79 Å². The molecule has 4 nitrogen and oxygen atoms in total. The maximum Gasteiger partial charge on any atom is 0.454 e. The molecule has 0 spiro atoms. The number of esters is 1. The monoisotopic (exact) mass is 301 g/mol. The standard InChI is InChI=1S/C14H14F3NO3/c1-21-13(20)11(9-10-5-3-2-4-6-10)18-8-7-12(19)14(15,16)17/h2-8,11,18H,9H2,1H3/b8-7+/t11-/m0/s1. The van der Waals surface area contributed by atoms with Crippen LogP contribution < -0.4 is 5.32 Å². The van der Waals surface area contributed by atoms with Gasteiger partial charge in [-0.1, -0.05) is 30.3 Å². The maximum absolute atomic E-state index is 12.0. The first kappa shape index (κ1) is 16.7. The minimum atomic E-state index is -4.93. The Kier molecular flexibility index (Phi) is 5.95. The van der Waals surface area contributed by atoms with Crippen molar-refractivity contribution in [2.75, 3.05) is 7.11 Å². The van der Waals surface area contributed by atoms with Crippen molar-refractivity contribution >= 4 is 11.8 Å². The molecule has 1 atom stereocenters. The molecule has 0 aromatic heterocycles. The zero-order valence-corrected chi connectivity index (χ0v) is 11.2. The molecule has 1 N–H and O–H groups in total. The van der Waals surface area contributed by atoms with Gasteiger partial charge in [0, 0.05) is 18.7 Å². The highest BCUT2D eigenvalue weighted by Crippen LogP contribution is 2.16. The molecule has 0 saturated heterocycles. The van der Waals surface area contributed by atoms with Gasteiger partial charge in [0.05, 0.1) is 7.11 Å². The van der Waals surface area contributed by atoms with Crippen molar-refractivity contribution < 1.29 is 27.5 Å².